The Morgan fingerprint density at radius 3 is 2.64 bits per heavy atom. The quantitative estimate of drug-likeness (QED) is 0.500. The standard InChI is InChI=1S/C19H19FN4O2S2/c1-11-7-13(8-12(2)17(11)26)9-21-16(25)10-27-19-24-23-18(28-19)22-15-6-4-3-5-14(15)20/h3-8,26H,9-10H2,1-2H3,(H,21,25)(H,22,23). The van der Waals surface area contributed by atoms with Crippen molar-refractivity contribution in [2.45, 2.75) is 24.7 Å². The van der Waals surface area contributed by atoms with E-state index in [9.17, 15) is 14.3 Å². The fourth-order valence-corrected chi connectivity index (χ4v) is 4.12. The number of aryl methyl sites for hydroxylation is 2. The molecule has 0 aliphatic heterocycles. The average molecular weight is 419 g/mol. The first-order valence-electron chi connectivity index (χ1n) is 8.46. The first-order chi connectivity index (χ1) is 13.4. The largest absolute Gasteiger partial charge is 0.507 e. The van der Waals surface area contributed by atoms with E-state index in [2.05, 4.69) is 20.8 Å². The number of amides is 1. The number of para-hydroxylation sites is 1. The maximum atomic E-state index is 13.7. The van der Waals surface area contributed by atoms with Gasteiger partial charge < -0.3 is 15.7 Å². The van der Waals surface area contributed by atoms with Gasteiger partial charge in [-0.05, 0) is 42.7 Å². The Bertz CT molecular complexity index is 971. The van der Waals surface area contributed by atoms with Gasteiger partial charge in [0.2, 0.25) is 11.0 Å². The number of hydrogen-bond donors (Lipinski definition) is 3. The molecule has 0 atom stereocenters. The molecular weight excluding hydrogens is 399 g/mol. The highest BCUT2D eigenvalue weighted by Crippen LogP contribution is 2.28. The molecule has 3 N–H and O–H groups in total. The van der Waals surface area contributed by atoms with Crippen LogP contribution in [0, 0.1) is 19.7 Å². The van der Waals surface area contributed by atoms with Gasteiger partial charge >= 0.3 is 0 Å². The molecule has 0 radical (unpaired) electrons. The van der Waals surface area contributed by atoms with Crippen molar-refractivity contribution in [1.29, 1.82) is 0 Å². The van der Waals surface area contributed by atoms with E-state index in [0.29, 0.717) is 21.7 Å². The second-order valence-corrected chi connectivity index (χ2v) is 8.32. The Morgan fingerprint density at radius 1 is 1.21 bits per heavy atom. The lowest BCUT2D eigenvalue weighted by molar-refractivity contribution is -0.118. The van der Waals surface area contributed by atoms with Gasteiger partial charge in [-0.15, -0.1) is 10.2 Å². The molecule has 0 unspecified atom stereocenters. The number of anilines is 2. The molecule has 0 fully saturated rings. The summed E-state index contributed by atoms with van der Waals surface area (Å²) < 4.78 is 14.3. The topological polar surface area (TPSA) is 87.1 Å². The third-order valence-corrected chi connectivity index (χ3v) is 5.86. The molecule has 3 aromatic rings. The molecule has 3 rings (SSSR count). The van der Waals surface area contributed by atoms with Gasteiger partial charge in [0.15, 0.2) is 4.34 Å². The zero-order valence-corrected chi connectivity index (χ0v) is 17.0. The first kappa shape index (κ1) is 20.1. The number of hydrogen-bond acceptors (Lipinski definition) is 7. The van der Waals surface area contributed by atoms with Crippen LogP contribution in [0.4, 0.5) is 15.2 Å². The first-order valence-corrected chi connectivity index (χ1v) is 10.3. The van der Waals surface area contributed by atoms with Crippen LogP contribution in [0.1, 0.15) is 16.7 Å². The molecule has 146 valence electrons. The highest BCUT2D eigenvalue weighted by atomic mass is 32.2. The van der Waals surface area contributed by atoms with Crippen LogP contribution < -0.4 is 10.6 Å². The van der Waals surface area contributed by atoms with E-state index in [1.807, 2.05) is 26.0 Å². The minimum atomic E-state index is -0.369. The number of phenolic OH excluding ortho intramolecular Hbond substituents is 1. The fraction of sp³-hybridized carbons (Fsp3) is 0.211. The molecule has 1 amide bonds. The summed E-state index contributed by atoms with van der Waals surface area (Å²) in [7, 11) is 0. The number of thioether (sulfide) groups is 1. The summed E-state index contributed by atoms with van der Waals surface area (Å²) in [6.45, 7) is 4.04. The van der Waals surface area contributed by atoms with Crippen LogP contribution in [0.5, 0.6) is 5.75 Å². The third-order valence-electron chi connectivity index (χ3n) is 3.89. The van der Waals surface area contributed by atoms with E-state index in [1.165, 1.54) is 29.2 Å². The van der Waals surface area contributed by atoms with E-state index in [1.54, 1.807) is 18.2 Å². The van der Waals surface area contributed by atoms with Crippen molar-refractivity contribution in [2.75, 3.05) is 11.1 Å². The molecular formula is C19H19FN4O2S2. The minimum absolute atomic E-state index is 0.132. The summed E-state index contributed by atoms with van der Waals surface area (Å²) in [4.78, 5) is 12.1. The molecule has 0 bridgehead atoms. The minimum Gasteiger partial charge on any atom is -0.507 e. The summed E-state index contributed by atoms with van der Waals surface area (Å²) in [5.41, 5.74) is 2.82. The molecule has 28 heavy (non-hydrogen) atoms. The molecule has 6 nitrogen and oxygen atoms in total. The Kier molecular flexibility index (Phi) is 6.48. The zero-order chi connectivity index (χ0) is 20.1. The van der Waals surface area contributed by atoms with Crippen LogP contribution in [0.25, 0.3) is 0 Å². The summed E-state index contributed by atoms with van der Waals surface area (Å²) in [6.07, 6.45) is 0. The highest BCUT2D eigenvalue weighted by molar-refractivity contribution is 8.01. The lowest BCUT2D eigenvalue weighted by atomic mass is 10.1. The molecule has 0 aliphatic rings. The molecule has 0 spiro atoms. The second kappa shape index (κ2) is 9.03. The number of halogens is 1. The summed E-state index contributed by atoms with van der Waals surface area (Å²) >= 11 is 2.52. The van der Waals surface area contributed by atoms with Crippen LogP contribution in [-0.2, 0) is 11.3 Å². The van der Waals surface area contributed by atoms with E-state index >= 15 is 0 Å². The van der Waals surface area contributed by atoms with Gasteiger partial charge in [0, 0.05) is 6.54 Å². The Balaban J connectivity index is 1.49. The monoisotopic (exact) mass is 418 g/mol. The summed E-state index contributed by atoms with van der Waals surface area (Å²) in [5.74, 6) is -0.0235. The summed E-state index contributed by atoms with van der Waals surface area (Å²) in [6, 6.07) is 10.0. The number of phenols is 1. The maximum absolute atomic E-state index is 13.7. The van der Waals surface area contributed by atoms with Crippen molar-refractivity contribution < 1.29 is 14.3 Å². The Morgan fingerprint density at radius 2 is 1.93 bits per heavy atom. The number of aromatic nitrogens is 2. The Hall–Kier alpha value is -2.65. The molecule has 1 aromatic heterocycles. The van der Waals surface area contributed by atoms with Gasteiger partial charge in [-0.25, -0.2) is 4.39 Å². The van der Waals surface area contributed by atoms with Crippen LogP contribution in [-0.4, -0.2) is 27.0 Å². The molecule has 0 saturated carbocycles. The number of carbonyl (C=O) groups is 1. The molecule has 2 aromatic carbocycles. The average Bonchev–Trinajstić information content (AvgIpc) is 3.12. The van der Waals surface area contributed by atoms with Gasteiger partial charge in [-0.1, -0.05) is 47.4 Å². The van der Waals surface area contributed by atoms with Gasteiger partial charge in [0.1, 0.15) is 11.6 Å². The van der Waals surface area contributed by atoms with Gasteiger partial charge in [0.05, 0.1) is 11.4 Å². The van der Waals surface area contributed by atoms with E-state index in [-0.39, 0.29) is 23.2 Å². The van der Waals surface area contributed by atoms with Crippen molar-refractivity contribution in [3.05, 3.63) is 58.9 Å². The number of aromatic hydroxyl groups is 1. The predicted octanol–water partition coefficient (Wildman–Crippen LogP) is 4.15. The van der Waals surface area contributed by atoms with Crippen molar-refractivity contribution >= 4 is 39.8 Å². The molecule has 1 heterocycles. The third kappa shape index (κ3) is 5.20. The van der Waals surface area contributed by atoms with Gasteiger partial charge in [0.25, 0.3) is 0 Å². The van der Waals surface area contributed by atoms with Gasteiger partial charge in [-0.2, -0.15) is 0 Å². The number of rotatable bonds is 7. The second-order valence-electron chi connectivity index (χ2n) is 6.12. The lowest BCUT2D eigenvalue weighted by Gasteiger charge is -2.09. The SMILES string of the molecule is Cc1cc(CNC(=O)CSc2nnc(Nc3ccccc3F)s2)cc(C)c1O. The van der Waals surface area contributed by atoms with Crippen molar-refractivity contribution in [3.8, 4) is 5.75 Å². The normalized spacial score (nSPS) is 10.7. The predicted molar refractivity (Wildman–Crippen MR) is 110 cm³/mol. The van der Waals surface area contributed by atoms with E-state index in [4.69, 9.17) is 0 Å². The van der Waals surface area contributed by atoms with Crippen LogP contribution >= 0.6 is 23.1 Å². The summed E-state index contributed by atoms with van der Waals surface area (Å²) in [5, 5.41) is 24.0. The van der Waals surface area contributed by atoms with Crippen molar-refractivity contribution in [3.63, 3.8) is 0 Å². The van der Waals surface area contributed by atoms with Crippen LogP contribution in [0.15, 0.2) is 40.7 Å². The lowest BCUT2D eigenvalue weighted by Crippen LogP contribution is -2.24. The van der Waals surface area contributed by atoms with E-state index < -0.39 is 0 Å². The zero-order valence-electron chi connectivity index (χ0n) is 15.3. The molecule has 0 saturated heterocycles. The molecule has 9 heteroatoms. The number of carbonyl (C=O) groups excluding carboxylic acids is 1. The fourth-order valence-electron chi connectivity index (χ4n) is 2.52. The smallest absolute Gasteiger partial charge is 0.230 e. The van der Waals surface area contributed by atoms with Crippen molar-refractivity contribution in [2.24, 2.45) is 0 Å². The number of benzene rings is 2. The number of nitrogens with one attached hydrogen (secondary N) is 2. The maximum Gasteiger partial charge on any atom is 0.230 e. The van der Waals surface area contributed by atoms with Crippen LogP contribution in [0.2, 0.25) is 0 Å². The van der Waals surface area contributed by atoms with Crippen LogP contribution in [0.3, 0.4) is 0 Å². The van der Waals surface area contributed by atoms with Crippen molar-refractivity contribution in [1.82, 2.24) is 15.5 Å². The number of nitrogens with zero attached hydrogens (tertiary/aromatic N) is 2. The van der Waals surface area contributed by atoms with Gasteiger partial charge in [-0.3, -0.25) is 4.79 Å². The molecule has 0 aliphatic carbocycles. The van der Waals surface area contributed by atoms with E-state index in [0.717, 1.165) is 16.7 Å². The Labute approximate surface area is 170 Å². The highest BCUT2D eigenvalue weighted by Gasteiger charge is 2.10.